The first kappa shape index (κ1) is 14.0. The van der Waals surface area contributed by atoms with Crippen molar-refractivity contribution < 1.29 is 19.4 Å². The number of hydrogen-bond acceptors (Lipinski definition) is 4. The number of ether oxygens (including phenoxy) is 1. The second-order valence-electron chi connectivity index (χ2n) is 5.75. The van der Waals surface area contributed by atoms with Gasteiger partial charge in [-0.25, -0.2) is 9.69 Å². The number of rotatable bonds is 1. The summed E-state index contributed by atoms with van der Waals surface area (Å²) in [6, 6.07) is -0.489. The molecule has 5 nitrogen and oxygen atoms in total. The van der Waals surface area contributed by atoms with Gasteiger partial charge in [-0.05, 0) is 26.7 Å². The van der Waals surface area contributed by atoms with Gasteiger partial charge in [-0.3, -0.25) is 4.79 Å². The van der Waals surface area contributed by atoms with Crippen LogP contribution < -0.4 is 0 Å². The quantitative estimate of drug-likeness (QED) is 0.758. The lowest BCUT2D eigenvalue weighted by molar-refractivity contribution is -0.128. The summed E-state index contributed by atoms with van der Waals surface area (Å²) in [6.07, 6.45) is -1.48. The summed E-state index contributed by atoms with van der Waals surface area (Å²) in [5, 5.41) is 9.78. The summed E-state index contributed by atoms with van der Waals surface area (Å²) < 4.78 is 5.18. The van der Waals surface area contributed by atoms with Crippen molar-refractivity contribution in [1.82, 2.24) is 4.90 Å². The molecule has 5 heteroatoms. The Balaban J connectivity index is 2.86. The maximum Gasteiger partial charge on any atom is 0.417 e. The fourth-order valence-corrected chi connectivity index (χ4v) is 2.01. The number of nitrogens with zero attached hydrogens (tertiary/aromatic N) is 1. The third-order valence-electron chi connectivity index (χ3n) is 2.62. The summed E-state index contributed by atoms with van der Waals surface area (Å²) in [5.74, 6) is -0.366. The van der Waals surface area contributed by atoms with Crippen molar-refractivity contribution in [3.8, 4) is 0 Å². The minimum absolute atomic E-state index is 0.00367. The maximum atomic E-state index is 11.9. The van der Waals surface area contributed by atoms with Crippen LogP contribution >= 0.6 is 0 Å². The molecule has 2 atom stereocenters. The lowest BCUT2D eigenvalue weighted by atomic mass is 10.00. The number of aliphatic hydroxyl groups is 1. The highest BCUT2D eigenvalue weighted by molar-refractivity contribution is 5.94. The fraction of sp³-hybridized carbons (Fsp3) is 0.833. The molecular formula is C12H21NO4. The molecule has 0 aromatic rings. The number of amides is 2. The Bertz CT molecular complexity index is 319. The van der Waals surface area contributed by atoms with Crippen LogP contribution in [0.2, 0.25) is 0 Å². The van der Waals surface area contributed by atoms with Gasteiger partial charge in [0.15, 0.2) is 0 Å². The van der Waals surface area contributed by atoms with E-state index in [1.54, 1.807) is 20.8 Å². The summed E-state index contributed by atoms with van der Waals surface area (Å²) in [5.41, 5.74) is -0.646. The second kappa shape index (κ2) is 4.64. The minimum atomic E-state index is -0.796. The predicted octanol–water partition coefficient (Wildman–Crippen LogP) is 1.54. The van der Waals surface area contributed by atoms with Crippen molar-refractivity contribution in [3.63, 3.8) is 0 Å². The van der Waals surface area contributed by atoms with Crippen LogP contribution in [-0.2, 0) is 9.53 Å². The average molecular weight is 243 g/mol. The van der Waals surface area contributed by atoms with E-state index in [0.29, 0.717) is 0 Å². The first-order valence-corrected chi connectivity index (χ1v) is 5.86. The Kier molecular flexibility index (Phi) is 3.81. The molecule has 0 bridgehead atoms. The molecule has 2 amide bonds. The number of carbonyl (C=O) groups excluding carboxylic acids is 2. The molecule has 1 heterocycles. The number of carbonyl (C=O) groups is 2. The zero-order chi connectivity index (χ0) is 13.4. The molecule has 0 aromatic heterocycles. The van der Waals surface area contributed by atoms with Crippen LogP contribution in [0.1, 0.15) is 41.0 Å². The molecule has 0 spiro atoms. The summed E-state index contributed by atoms with van der Waals surface area (Å²) in [7, 11) is 0. The van der Waals surface area contributed by atoms with Crippen molar-refractivity contribution in [2.24, 2.45) is 5.92 Å². The van der Waals surface area contributed by atoms with Crippen LogP contribution in [0.5, 0.6) is 0 Å². The normalized spacial score (nSPS) is 25.6. The Morgan fingerprint density at radius 3 is 2.41 bits per heavy atom. The molecule has 1 aliphatic rings. The van der Waals surface area contributed by atoms with Crippen LogP contribution in [0.25, 0.3) is 0 Å². The highest BCUT2D eigenvalue weighted by atomic mass is 16.6. The van der Waals surface area contributed by atoms with Crippen LogP contribution in [-0.4, -0.2) is 39.8 Å². The van der Waals surface area contributed by atoms with Crippen LogP contribution in [0.15, 0.2) is 0 Å². The van der Waals surface area contributed by atoms with Gasteiger partial charge in [0, 0.05) is 0 Å². The van der Waals surface area contributed by atoms with E-state index >= 15 is 0 Å². The molecule has 17 heavy (non-hydrogen) atoms. The number of likely N-dealkylation sites (tertiary alicyclic amines) is 1. The molecule has 1 unspecified atom stereocenters. The van der Waals surface area contributed by atoms with Gasteiger partial charge in [-0.2, -0.15) is 0 Å². The predicted molar refractivity (Wildman–Crippen MR) is 62.3 cm³/mol. The molecule has 0 saturated carbocycles. The molecule has 0 aliphatic carbocycles. The fourth-order valence-electron chi connectivity index (χ4n) is 2.01. The van der Waals surface area contributed by atoms with Gasteiger partial charge in [0.1, 0.15) is 5.60 Å². The van der Waals surface area contributed by atoms with Gasteiger partial charge in [0.05, 0.1) is 18.6 Å². The molecule has 1 fully saturated rings. The van der Waals surface area contributed by atoms with Crippen molar-refractivity contribution in [3.05, 3.63) is 0 Å². The molecule has 1 N–H and O–H groups in total. The molecule has 1 aliphatic heterocycles. The molecule has 0 aromatic carbocycles. The highest BCUT2D eigenvalue weighted by Gasteiger charge is 2.45. The third-order valence-corrected chi connectivity index (χ3v) is 2.62. The van der Waals surface area contributed by atoms with Gasteiger partial charge in [-0.15, -0.1) is 0 Å². The van der Waals surface area contributed by atoms with Gasteiger partial charge in [0.2, 0.25) is 5.91 Å². The molecule has 0 radical (unpaired) electrons. The summed E-state index contributed by atoms with van der Waals surface area (Å²) >= 11 is 0. The zero-order valence-electron chi connectivity index (χ0n) is 11.1. The van der Waals surface area contributed by atoms with E-state index in [1.165, 1.54) is 0 Å². The maximum absolute atomic E-state index is 11.9. The van der Waals surface area contributed by atoms with Crippen molar-refractivity contribution in [2.75, 3.05) is 0 Å². The van der Waals surface area contributed by atoms with Crippen molar-refractivity contribution >= 4 is 12.0 Å². The largest absolute Gasteiger partial charge is 0.443 e. The summed E-state index contributed by atoms with van der Waals surface area (Å²) in [4.78, 5) is 24.7. The van der Waals surface area contributed by atoms with E-state index in [2.05, 4.69) is 0 Å². The Morgan fingerprint density at radius 1 is 1.47 bits per heavy atom. The topological polar surface area (TPSA) is 66.8 Å². The van der Waals surface area contributed by atoms with Gasteiger partial charge in [0.25, 0.3) is 0 Å². The highest BCUT2D eigenvalue weighted by Crippen LogP contribution is 2.27. The smallest absolute Gasteiger partial charge is 0.417 e. The van der Waals surface area contributed by atoms with E-state index in [0.717, 1.165) is 4.90 Å². The Labute approximate surface area is 102 Å². The first-order chi connectivity index (χ1) is 7.63. The second-order valence-corrected chi connectivity index (χ2v) is 5.75. The SMILES string of the molecule is CC(C)[C@@H]1C(O)CC(=O)N1C(=O)OC(C)(C)C. The lowest BCUT2D eigenvalue weighted by Gasteiger charge is -2.30. The standard InChI is InChI=1S/C12H21NO4/c1-7(2)10-8(14)6-9(15)13(10)11(16)17-12(3,4)5/h7-8,10,14H,6H2,1-5H3/t8?,10-/m1/s1. The monoisotopic (exact) mass is 243 g/mol. The van der Waals surface area contributed by atoms with Crippen LogP contribution in [0.3, 0.4) is 0 Å². The van der Waals surface area contributed by atoms with Crippen LogP contribution in [0.4, 0.5) is 4.79 Å². The van der Waals surface area contributed by atoms with Crippen molar-refractivity contribution in [2.45, 2.75) is 58.8 Å². The number of hydrogen-bond donors (Lipinski definition) is 1. The zero-order valence-corrected chi connectivity index (χ0v) is 11.1. The van der Waals surface area contributed by atoms with Gasteiger partial charge in [-0.1, -0.05) is 13.8 Å². The van der Waals surface area contributed by atoms with Gasteiger partial charge < -0.3 is 9.84 Å². The molecule has 1 rings (SSSR count). The van der Waals surface area contributed by atoms with Crippen LogP contribution in [0, 0.1) is 5.92 Å². The van der Waals surface area contributed by atoms with E-state index in [4.69, 9.17) is 4.74 Å². The molecule has 98 valence electrons. The summed E-state index contributed by atoms with van der Waals surface area (Å²) in [6.45, 7) is 8.96. The average Bonchev–Trinajstić information content (AvgIpc) is 2.37. The van der Waals surface area contributed by atoms with E-state index in [9.17, 15) is 14.7 Å². The Hall–Kier alpha value is -1.10. The van der Waals surface area contributed by atoms with E-state index in [1.807, 2.05) is 13.8 Å². The van der Waals surface area contributed by atoms with Crippen molar-refractivity contribution in [1.29, 1.82) is 0 Å². The van der Waals surface area contributed by atoms with Gasteiger partial charge >= 0.3 is 6.09 Å². The van der Waals surface area contributed by atoms with E-state index in [-0.39, 0.29) is 18.2 Å². The number of imide groups is 1. The molecule has 1 saturated heterocycles. The number of aliphatic hydroxyl groups excluding tert-OH is 1. The van der Waals surface area contributed by atoms with E-state index < -0.39 is 23.8 Å². The first-order valence-electron chi connectivity index (χ1n) is 5.86. The Morgan fingerprint density at radius 2 is 2.00 bits per heavy atom. The molecular weight excluding hydrogens is 222 g/mol. The third kappa shape index (κ3) is 3.19. The lowest BCUT2D eigenvalue weighted by Crippen LogP contribution is -2.46. The minimum Gasteiger partial charge on any atom is -0.443 e.